The van der Waals surface area contributed by atoms with Crippen LogP contribution in [0.4, 0.5) is 0 Å². The van der Waals surface area contributed by atoms with Crippen LogP contribution in [-0.2, 0) is 9.59 Å². The van der Waals surface area contributed by atoms with Gasteiger partial charge in [-0.25, -0.2) is 0 Å². The molecule has 3 rings (SSSR count). The van der Waals surface area contributed by atoms with E-state index in [0.717, 1.165) is 32.1 Å². The topological polar surface area (TPSA) is 34.1 Å². The molecule has 3 aliphatic carbocycles. The van der Waals surface area contributed by atoms with E-state index in [1.54, 1.807) is 0 Å². The monoisotopic (exact) mass is 288 g/mol. The van der Waals surface area contributed by atoms with Crippen LogP contribution in [0, 0.1) is 28.6 Å². The smallest absolute Gasteiger partial charge is 0.142 e. The molecule has 0 saturated heterocycles. The zero-order valence-electron chi connectivity index (χ0n) is 13.9. The normalized spacial score (nSPS) is 42.7. The Morgan fingerprint density at radius 1 is 1.14 bits per heavy atom. The number of hydrogen-bond donors (Lipinski definition) is 0. The molecule has 0 radical (unpaired) electrons. The number of hydrogen-bond acceptors (Lipinski definition) is 2. The molecule has 0 heterocycles. The van der Waals surface area contributed by atoms with Gasteiger partial charge in [-0.15, -0.1) is 0 Å². The van der Waals surface area contributed by atoms with E-state index in [4.69, 9.17) is 0 Å². The van der Waals surface area contributed by atoms with Crippen molar-refractivity contribution in [3.63, 3.8) is 0 Å². The van der Waals surface area contributed by atoms with Crippen LogP contribution in [-0.4, -0.2) is 11.6 Å². The summed E-state index contributed by atoms with van der Waals surface area (Å²) in [6.45, 7) is 8.77. The van der Waals surface area contributed by atoms with Crippen molar-refractivity contribution in [3.05, 3.63) is 11.6 Å². The van der Waals surface area contributed by atoms with E-state index >= 15 is 0 Å². The van der Waals surface area contributed by atoms with Crippen molar-refractivity contribution in [3.8, 4) is 0 Å². The Labute approximate surface area is 128 Å². The predicted molar refractivity (Wildman–Crippen MR) is 83.8 cm³/mol. The van der Waals surface area contributed by atoms with Gasteiger partial charge < -0.3 is 0 Å². The fourth-order valence-electron chi connectivity index (χ4n) is 5.46. The number of rotatable bonds is 0. The van der Waals surface area contributed by atoms with Crippen LogP contribution in [0.1, 0.15) is 66.2 Å². The molecule has 2 saturated carbocycles. The lowest BCUT2D eigenvalue weighted by molar-refractivity contribution is -0.146. The summed E-state index contributed by atoms with van der Waals surface area (Å²) >= 11 is 0. The number of allylic oxidation sites excluding steroid dienone is 2. The van der Waals surface area contributed by atoms with Crippen molar-refractivity contribution >= 4 is 11.6 Å². The molecule has 3 aliphatic rings. The van der Waals surface area contributed by atoms with E-state index in [2.05, 4.69) is 33.8 Å². The summed E-state index contributed by atoms with van der Waals surface area (Å²) in [6, 6.07) is 0. The van der Waals surface area contributed by atoms with Crippen molar-refractivity contribution in [2.45, 2.75) is 66.2 Å². The van der Waals surface area contributed by atoms with Crippen LogP contribution >= 0.6 is 0 Å². The lowest BCUT2D eigenvalue weighted by Crippen LogP contribution is -2.47. The zero-order chi connectivity index (χ0) is 15.4. The average molecular weight is 288 g/mol. The summed E-state index contributed by atoms with van der Waals surface area (Å²) in [4.78, 5) is 25.7. The lowest BCUT2D eigenvalue weighted by atomic mass is 9.59. The highest BCUT2D eigenvalue weighted by Gasteiger charge is 2.53. The van der Waals surface area contributed by atoms with Gasteiger partial charge in [0.25, 0.3) is 0 Å². The van der Waals surface area contributed by atoms with Crippen molar-refractivity contribution < 1.29 is 9.59 Å². The molecule has 0 amide bonds. The molecule has 4 atom stereocenters. The van der Waals surface area contributed by atoms with E-state index in [9.17, 15) is 9.59 Å². The fraction of sp³-hybridized carbons (Fsp3) is 0.789. The van der Waals surface area contributed by atoms with Gasteiger partial charge in [-0.05, 0) is 43.4 Å². The van der Waals surface area contributed by atoms with E-state index in [-0.39, 0.29) is 17.3 Å². The highest BCUT2D eigenvalue weighted by molar-refractivity contribution is 5.95. The summed E-state index contributed by atoms with van der Waals surface area (Å²) in [5.41, 5.74) is 1.17. The van der Waals surface area contributed by atoms with Crippen LogP contribution in [0.5, 0.6) is 0 Å². The summed E-state index contributed by atoms with van der Waals surface area (Å²) in [6.07, 6.45) is 7.76. The molecule has 2 heteroatoms. The fourth-order valence-corrected chi connectivity index (χ4v) is 5.46. The van der Waals surface area contributed by atoms with Crippen LogP contribution in [0.3, 0.4) is 0 Å². The maximum atomic E-state index is 13.3. The number of ketones is 2. The largest absolute Gasteiger partial charge is 0.299 e. The lowest BCUT2D eigenvalue weighted by Gasteiger charge is -2.42. The SMILES string of the molecule is C[C@H]1C(=O)[C@]2(C)CCCC(=O)[C@@H]2CC=C2CC[C@H]1C2(C)C. The Bertz CT molecular complexity index is 514. The summed E-state index contributed by atoms with van der Waals surface area (Å²) < 4.78 is 0. The first-order valence-electron chi connectivity index (χ1n) is 8.55. The van der Waals surface area contributed by atoms with Gasteiger partial charge in [-0.3, -0.25) is 9.59 Å². The standard InChI is InChI=1S/C19H28O2/c1-12-14-9-7-13(18(14,2)3)8-10-15-16(20)6-5-11-19(15,4)17(12)21/h8,12,14-15H,5-7,9-11H2,1-4H3/t12-,14-,15+,19-/m1/s1. The van der Waals surface area contributed by atoms with Crippen molar-refractivity contribution in [2.24, 2.45) is 28.6 Å². The van der Waals surface area contributed by atoms with Gasteiger partial charge in [0, 0.05) is 23.7 Å². The second-order valence-electron chi connectivity index (χ2n) is 8.27. The van der Waals surface area contributed by atoms with Crippen LogP contribution in [0.25, 0.3) is 0 Å². The Balaban J connectivity index is 2.09. The Morgan fingerprint density at radius 2 is 1.86 bits per heavy atom. The Hall–Kier alpha value is -0.920. The van der Waals surface area contributed by atoms with E-state index in [1.165, 1.54) is 5.57 Å². The first-order valence-corrected chi connectivity index (χ1v) is 8.55. The molecule has 0 aliphatic heterocycles. The zero-order valence-corrected chi connectivity index (χ0v) is 13.9. The van der Waals surface area contributed by atoms with Gasteiger partial charge in [-0.2, -0.15) is 0 Å². The molecule has 2 bridgehead atoms. The highest BCUT2D eigenvalue weighted by atomic mass is 16.1. The molecule has 21 heavy (non-hydrogen) atoms. The molecule has 0 N–H and O–H groups in total. The number of Topliss-reactive ketones (excluding diaryl/α,β-unsaturated/α-hetero) is 2. The minimum atomic E-state index is -0.424. The molecule has 0 unspecified atom stereocenters. The second kappa shape index (κ2) is 4.79. The van der Waals surface area contributed by atoms with E-state index < -0.39 is 5.41 Å². The summed E-state index contributed by atoms with van der Waals surface area (Å²) in [5.74, 6) is 1.10. The number of fused-ring (bicyclic) bond motifs is 3. The number of carbonyl (C=O) groups is 2. The van der Waals surface area contributed by atoms with E-state index in [1.807, 2.05) is 0 Å². The van der Waals surface area contributed by atoms with Gasteiger partial charge in [-0.1, -0.05) is 39.3 Å². The third kappa shape index (κ3) is 2.05. The van der Waals surface area contributed by atoms with E-state index in [0.29, 0.717) is 23.9 Å². The van der Waals surface area contributed by atoms with Crippen LogP contribution < -0.4 is 0 Å². The average Bonchev–Trinajstić information content (AvgIpc) is 2.71. The maximum absolute atomic E-state index is 13.3. The van der Waals surface area contributed by atoms with Gasteiger partial charge in [0.05, 0.1) is 0 Å². The third-order valence-corrected chi connectivity index (χ3v) is 6.94. The minimum absolute atomic E-state index is 0.0717. The van der Waals surface area contributed by atoms with Crippen molar-refractivity contribution in [1.82, 2.24) is 0 Å². The quantitative estimate of drug-likeness (QED) is 0.622. The molecule has 0 aromatic rings. The summed E-state index contributed by atoms with van der Waals surface area (Å²) in [7, 11) is 0. The molecule has 116 valence electrons. The first kappa shape index (κ1) is 15.0. The predicted octanol–water partition coefficient (Wildman–Crippen LogP) is 4.33. The van der Waals surface area contributed by atoms with Gasteiger partial charge in [0.1, 0.15) is 11.6 Å². The maximum Gasteiger partial charge on any atom is 0.142 e. The molecule has 2 nitrogen and oxygen atoms in total. The van der Waals surface area contributed by atoms with Crippen molar-refractivity contribution in [2.75, 3.05) is 0 Å². The molecule has 0 aromatic carbocycles. The molecular formula is C19H28O2. The van der Waals surface area contributed by atoms with Gasteiger partial charge >= 0.3 is 0 Å². The molecular weight excluding hydrogens is 260 g/mol. The molecule has 2 fully saturated rings. The molecule has 0 aromatic heterocycles. The third-order valence-electron chi connectivity index (χ3n) is 6.94. The minimum Gasteiger partial charge on any atom is -0.299 e. The second-order valence-corrected chi connectivity index (χ2v) is 8.27. The van der Waals surface area contributed by atoms with Crippen LogP contribution in [0.2, 0.25) is 0 Å². The van der Waals surface area contributed by atoms with Gasteiger partial charge in [0.2, 0.25) is 0 Å². The Morgan fingerprint density at radius 3 is 2.57 bits per heavy atom. The highest BCUT2D eigenvalue weighted by Crippen LogP contribution is 2.55. The summed E-state index contributed by atoms with van der Waals surface area (Å²) in [5, 5.41) is 0. The number of carbonyl (C=O) groups excluding carboxylic acids is 2. The van der Waals surface area contributed by atoms with Crippen molar-refractivity contribution in [1.29, 1.82) is 0 Å². The first-order chi connectivity index (χ1) is 9.78. The van der Waals surface area contributed by atoms with Crippen LogP contribution in [0.15, 0.2) is 11.6 Å². The molecule has 0 spiro atoms. The Kier molecular flexibility index (Phi) is 3.42. The van der Waals surface area contributed by atoms with Gasteiger partial charge in [0.15, 0.2) is 0 Å².